The number of nitrogens with zero attached hydrogens (tertiary/aromatic N) is 2. The van der Waals surface area contributed by atoms with Crippen molar-refractivity contribution in [1.29, 1.82) is 0 Å². The first-order valence-electron chi connectivity index (χ1n) is 9.59. The standard InChI is InChI=1S/C23H24N2O6/c1-13(2)21-17(10-15-11-19(30-4)20(31-5)12-18(15)29-3)22(26)25(24-21)16-8-6-14(7-9-16)23(27)28/h6-13H,1-5H3,(H,27,28). The molecular weight excluding hydrogens is 400 g/mol. The summed E-state index contributed by atoms with van der Waals surface area (Å²) in [4.78, 5) is 24.4. The van der Waals surface area contributed by atoms with Gasteiger partial charge in [-0.1, -0.05) is 13.8 Å². The number of amides is 1. The number of methoxy groups -OCH3 is 3. The molecule has 0 aliphatic carbocycles. The summed E-state index contributed by atoms with van der Waals surface area (Å²) < 4.78 is 16.2. The molecule has 0 saturated carbocycles. The molecule has 3 rings (SSSR count). The highest BCUT2D eigenvalue weighted by molar-refractivity contribution is 6.33. The number of benzene rings is 2. The smallest absolute Gasteiger partial charge is 0.335 e. The zero-order chi connectivity index (χ0) is 22.7. The van der Waals surface area contributed by atoms with E-state index >= 15 is 0 Å². The third kappa shape index (κ3) is 4.23. The molecule has 0 spiro atoms. The first kappa shape index (κ1) is 21.9. The van der Waals surface area contributed by atoms with Gasteiger partial charge in [-0.05, 0) is 42.3 Å². The van der Waals surface area contributed by atoms with Gasteiger partial charge < -0.3 is 19.3 Å². The summed E-state index contributed by atoms with van der Waals surface area (Å²) in [6.07, 6.45) is 1.72. The molecule has 0 radical (unpaired) electrons. The van der Waals surface area contributed by atoms with Gasteiger partial charge >= 0.3 is 5.97 Å². The van der Waals surface area contributed by atoms with E-state index in [1.165, 1.54) is 38.5 Å². The molecule has 1 heterocycles. The van der Waals surface area contributed by atoms with Gasteiger partial charge in [-0.2, -0.15) is 10.1 Å². The second-order valence-electron chi connectivity index (χ2n) is 7.12. The Morgan fingerprint density at radius 2 is 1.58 bits per heavy atom. The number of ether oxygens (including phenoxy) is 3. The zero-order valence-electron chi connectivity index (χ0n) is 18.0. The second-order valence-corrected chi connectivity index (χ2v) is 7.12. The molecule has 0 bridgehead atoms. The summed E-state index contributed by atoms with van der Waals surface area (Å²) >= 11 is 0. The Balaban J connectivity index is 2.07. The van der Waals surface area contributed by atoms with Gasteiger partial charge in [0.25, 0.3) is 5.91 Å². The molecule has 2 aromatic carbocycles. The van der Waals surface area contributed by atoms with Crippen LogP contribution >= 0.6 is 0 Å². The van der Waals surface area contributed by atoms with Gasteiger partial charge in [0, 0.05) is 11.6 Å². The largest absolute Gasteiger partial charge is 0.496 e. The fourth-order valence-electron chi connectivity index (χ4n) is 3.23. The van der Waals surface area contributed by atoms with Gasteiger partial charge in [-0.3, -0.25) is 4.79 Å². The number of carbonyl (C=O) groups excluding carboxylic acids is 1. The minimum absolute atomic E-state index is 0.0235. The van der Waals surface area contributed by atoms with Crippen molar-refractivity contribution in [2.75, 3.05) is 26.3 Å². The maximum atomic E-state index is 13.3. The van der Waals surface area contributed by atoms with Gasteiger partial charge in [0.2, 0.25) is 0 Å². The van der Waals surface area contributed by atoms with Crippen LogP contribution in [0.1, 0.15) is 29.8 Å². The van der Waals surface area contributed by atoms with E-state index in [0.29, 0.717) is 39.8 Å². The van der Waals surface area contributed by atoms with Crippen LogP contribution in [0.15, 0.2) is 47.1 Å². The van der Waals surface area contributed by atoms with E-state index in [-0.39, 0.29) is 17.4 Å². The first-order chi connectivity index (χ1) is 14.8. The van der Waals surface area contributed by atoms with Crippen LogP contribution in [0.2, 0.25) is 0 Å². The van der Waals surface area contributed by atoms with E-state index in [2.05, 4.69) is 5.10 Å². The molecule has 31 heavy (non-hydrogen) atoms. The summed E-state index contributed by atoms with van der Waals surface area (Å²) in [5.74, 6) is 0.159. The van der Waals surface area contributed by atoms with Crippen molar-refractivity contribution < 1.29 is 28.9 Å². The number of hydrogen-bond acceptors (Lipinski definition) is 6. The highest BCUT2D eigenvalue weighted by Gasteiger charge is 2.33. The van der Waals surface area contributed by atoms with E-state index in [1.54, 1.807) is 30.3 Å². The lowest BCUT2D eigenvalue weighted by atomic mass is 9.97. The number of carbonyl (C=O) groups is 2. The van der Waals surface area contributed by atoms with E-state index in [9.17, 15) is 9.59 Å². The van der Waals surface area contributed by atoms with Crippen LogP contribution in [0, 0.1) is 5.92 Å². The third-order valence-electron chi connectivity index (χ3n) is 4.85. The maximum absolute atomic E-state index is 13.3. The first-order valence-corrected chi connectivity index (χ1v) is 9.59. The van der Waals surface area contributed by atoms with Crippen molar-refractivity contribution in [3.63, 3.8) is 0 Å². The number of hydrogen-bond donors (Lipinski definition) is 1. The van der Waals surface area contributed by atoms with E-state index in [0.717, 1.165) is 0 Å². The molecule has 8 nitrogen and oxygen atoms in total. The van der Waals surface area contributed by atoms with Gasteiger partial charge in [0.05, 0.1) is 43.9 Å². The summed E-state index contributed by atoms with van der Waals surface area (Å²) in [6, 6.07) is 9.42. The molecule has 1 aliphatic heterocycles. The van der Waals surface area contributed by atoms with Gasteiger partial charge in [-0.25, -0.2) is 4.79 Å². The molecule has 8 heteroatoms. The number of aromatic carboxylic acids is 1. The molecule has 162 valence electrons. The number of anilines is 1. The highest BCUT2D eigenvalue weighted by atomic mass is 16.5. The lowest BCUT2D eigenvalue weighted by Gasteiger charge is -2.13. The van der Waals surface area contributed by atoms with E-state index in [4.69, 9.17) is 19.3 Å². The Morgan fingerprint density at radius 3 is 2.10 bits per heavy atom. The van der Waals surface area contributed by atoms with Crippen LogP contribution in [0.3, 0.4) is 0 Å². The minimum atomic E-state index is -1.04. The molecular formula is C23H24N2O6. The van der Waals surface area contributed by atoms with Gasteiger partial charge in [0.1, 0.15) is 5.75 Å². The molecule has 0 fully saturated rings. The van der Waals surface area contributed by atoms with Crippen LogP contribution in [-0.2, 0) is 4.79 Å². The van der Waals surface area contributed by atoms with Crippen LogP contribution < -0.4 is 19.2 Å². The Bertz CT molecular complexity index is 1070. The lowest BCUT2D eigenvalue weighted by molar-refractivity contribution is -0.114. The Morgan fingerprint density at radius 1 is 1.00 bits per heavy atom. The molecule has 1 N–H and O–H groups in total. The average Bonchev–Trinajstić information content (AvgIpc) is 3.09. The van der Waals surface area contributed by atoms with Crippen LogP contribution in [0.25, 0.3) is 6.08 Å². The Hall–Kier alpha value is -3.81. The maximum Gasteiger partial charge on any atom is 0.335 e. The Labute approximate surface area is 180 Å². The van der Waals surface area contributed by atoms with Crippen molar-refractivity contribution in [2.24, 2.45) is 11.0 Å². The molecule has 0 saturated heterocycles. The monoisotopic (exact) mass is 424 g/mol. The Kier molecular flexibility index (Phi) is 6.29. The lowest BCUT2D eigenvalue weighted by Crippen LogP contribution is -2.21. The molecule has 0 unspecified atom stereocenters. The van der Waals surface area contributed by atoms with Gasteiger partial charge in [-0.15, -0.1) is 0 Å². The SMILES string of the molecule is COc1cc(OC)c(OC)cc1C=C1C(=O)N(c2ccc(C(=O)O)cc2)N=C1C(C)C. The average molecular weight is 424 g/mol. The minimum Gasteiger partial charge on any atom is -0.496 e. The van der Waals surface area contributed by atoms with Crippen LogP contribution in [0.5, 0.6) is 17.2 Å². The van der Waals surface area contributed by atoms with Crippen LogP contribution in [0.4, 0.5) is 5.69 Å². The second kappa shape index (κ2) is 8.91. The summed E-state index contributed by atoms with van der Waals surface area (Å²) in [5.41, 5.74) is 2.29. The van der Waals surface area contributed by atoms with Gasteiger partial charge in [0.15, 0.2) is 11.5 Å². The third-order valence-corrected chi connectivity index (χ3v) is 4.85. The van der Waals surface area contributed by atoms with Crippen molar-refractivity contribution in [3.8, 4) is 17.2 Å². The molecule has 1 aliphatic rings. The van der Waals surface area contributed by atoms with Crippen molar-refractivity contribution in [1.82, 2.24) is 0 Å². The van der Waals surface area contributed by atoms with Crippen LogP contribution in [-0.4, -0.2) is 44.0 Å². The molecule has 0 atom stereocenters. The number of hydrazone groups is 1. The molecule has 2 aromatic rings. The fourth-order valence-corrected chi connectivity index (χ4v) is 3.23. The highest BCUT2D eigenvalue weighted by Crippen LogP contribution is 2.37. The van der Waals surface area contributed by atoms with Crippen molar-refractivity contribution >= 4 is 29.4 Å². The number of carboxylic acids is 1. The van der Waals surface area contributed by atoms with Crippen molar-refractivity contribution in [3.05, 3.63) is 53.1 Å². The normalized spacial score (nSPS) is 14.8. The summed E-state index contributed by atoms with van der Waals surface area (Å²) in [7, 11) is 4.60. The predicted octanol–water partition coefficient (Wildman–Crippen LogP) is 3.85. The fraction of sp³-hybridized carbons (Fsp3) is 0.261. The molecule has 1 amide bonds. The quantitative estimate of drug-likeness (QED) is 0.678. The predicted molar refractivity (Wildman–Crippen MR) is 117 cm³/mol. The van der Waals surface area contributed by atoms with Crippen molar-refractivity contribution in [2.45, 2.75) is 13.8 Å². The number of carboxylic acid groups (broad SMARTS) is 1. The summed E-state index contributed by atoms with van der Waals surface area (Å²) in [5, 5.41) is 14.9. The summed E-state index contributed by atoms with van der Waals surface area (Å²) in [6.45, 7) is 3.89. The number of rotatable bonds is 7. The topological polar surface area (TPSA) is 97.7 Å². The zero-order valence-corrected chi connectivity index (χ0v) is 18.0. The molecule has 0 aromatic heterocycles. The van der Waals surface area contributed by atoms with E-state index < -0.39 is 5.97 Å². The van der Waals surface area contributed by atoms with E-state index in [1.807, 2.05) is 13.8 Å².